The van der Waals surface area contributed by atoms with E-state index in [4.69, 9.17) is 14.2 Å². The molecule has 4 rings (SSSR count). The first-order valence-electron chi connectivity index (χ1n) is 7.87. The summed E-state index contributed by atoms with van der Waals surface area (Å²) in [7, 11) is 0. The highest BCUT2D eigenvalue weighted by Crippen LogP contribution is 2.42. The van der Waals surface area contributed by atoms with E-state index in [1.807, 2.05) is 36.4 Å². The molecule has 1 aliphatic carbocycles. The summed E-state index contributed by atoms with van der Waals surface area (Å²) < 4.78 is 17.8. The summed E-state index contributed by atoms with van der Waals surface area (Å²) in [4.78, 5) is 0. The highest BCUT2D eigenvalue weighted by atomic mass is 16.6. The summed E-state index contributed by atoms with van der Waals surface area (Å²) in [5.41, 5.74) is 2.39. The Morgan fingerprint density at radius 2 is 1.41 bits per heavy atom. The average molecular weight is 296 g/mol. The van der Waals surface area contributed by atoms with Gasteiger partial charge in [-0.15, -0.1) is 0 Å². The average Bonchev–Trinajstić information content (AvgIpc) is 3.26. The Labute approximate surface area is 130 Å². The van der Waals surface area contributed by atoms with E-state index in [0.717, 1.165) is 6.42 Å². The summed E-state index contributed by atoms with van der Waals surface area (Å²) in [6.07, 6.45) is 1.68. The Bertz CT molecular complexity index is 599. The SMILES string of the molecule is c1ccc(CO[C@H]2[C@@H]3O[C@H]3C[C@@H]2OCc2ccccc2)cc1. The third kappa shape index (κ3) is 3.07. The molecule has 1 aliphatic heterocycles. The molecule has 0 radical (unpaired) electrons. The van der Waals surface area contributed by atoms with Gasteiger partial charge in [-0.25, -0.2) is 0 Å². The zero-order chi connectivity index (χ0) is 14.8. The van der Waals surface area contributed by atoms with Gasteiger partial charge in [-0.1, -0.05) is 60.7 Å². The van der Waals surface area contributed by atoms with Crippen LogP contribution in [-0.4, -0.2) is 24.4 Å². The molecule has 1 saturated carbocycles. The predicted octanol–water partition coefficient (Wildman–Crippen LogP) is 3.33. The van der Waals surface area contributed by atoms with E-state index in [-0.39, 0.29) is 18.3 Å². The van der Waals surface area contributed by atoms with Crippen molar-refractivity contribution in [2.45, 2.75) is 44.1 Å². The lowest BCUT2D eigenvalue weighted by Crippen LogP contribution is -2.31. The monoisotopic (exact) mass is 296 g/mol. The van der Waals surface area contributed by atoms with Gasteiger partial charge in [-0.2, -0.15) is 0 Å². The van der Waals surface area contributed by atoms with Crippen LogP contribution in [0.5, 0.6) is 0 Å². The fraction of sp³-hybridized carbons (Fsp3) is 0.368. The fourth-order valence-electron chi connectivity index (χ4n) is 3.12. The minimum atomic E-state index is 0.0499. The maximum Gasteiger partial charge on any atom is 0.113 e. The second kappa shape index (κ2) is 6.21. The van der Waals surface area contributed by atoms with Crippen molar-refractivity contribution in [3.05, 3.63) is 71.8 Å². The lowest BCUT2D eigenvalue weighted by Gasteiger charge is -2.23. The Hall–Kier alpha value is -1.68. The molecular weight excluding hydrogens is 276 g/mol. The summed E-state index contributed by atoms with van der Waals surface area (Å²) >= 11 is 0. The Kier molecular flexibility index (Phi) is 3.94. The quantitative estimate of drug-likeness (QED) is 0.766. The van der Waals surface area contributed by atoms with E-state index in [2.05, 4.69) is 24.3 Å². The maximum atomic E-state index is 6.09. The Balaban J connectivity index is 1.34. The Morgan fingerprint density at radius 1 is 0.818 bits per heavy atom. The summed E-state index contributed by atoms with van der Waals surface area (Å²) in [5, 5.41) is 0. The highest BCUT2D eigenvalue weighted by Gasteiger charge is 2.57. The lowest BCUT2D eigenvalue weighted by molar-refractivity contribution is -0.0945. The van der Waals surface area contributed by atoms with Gasteiger partial charge in [0.25, 0.3) is 0 Å². The van der Waals surface area contributed by atoms with Gasteiger partial charge < -0.3 is 14.2 Å². The van der Waals surface area contributed by atoms with Crippen molar-refractivity contribution in [1.82, 2.24) is 0 Å². The van der Waals surface area contributed by atoms with Gasteiger partial charge in [0.2, 0.25) is 0 Å². The maximum absolute atomic E-state index is 6.09. The number of epoxide rings is 1. The van der Waals surface area contributed by atoms with E-state index in [0.29, 0.717) is 19.3 Å². The minimum absolute atomic E-state index is 0.0499. The van der Waals surface area contributed by atoms with E-state index >= 15 is 0 Å². The van der Waals surface area contributed by atoms with Gasteiger partial charge in [-0.3, -0.25) is 0 Å². The third-order valence-corrected chi connectivity index (χ3v) is 4.37. The number of fused-ring (bicyclic) bond motifs is 1. The zero-order valence-corrected chi connectivity index (χ0v) is 12.4. The van der Waals surface area contributed by atoms with Gasteiger partial charge >= 0.3 is 0 Å². The van der Waals surface area contributed by atoms with Gasteiger partial charge in [0, 0.05) is 6.42 Å². The molecule has 0 bridgehead atoms. The Morgan fingerprint density at radius 3 is 2.05 bits per heavy atom. The molecule has 0 aromatic heterocycles. The van der Waals surface area contributed by atoms with Crippen molar-refractivity contribution < 1.29 is 14.2 Å². The van der Waals surface area contributed by atoms with Crippen LogP contribution < -0.4 is 0 Å². The molecule has 2 aromatic rings. The van der Waals surface area contributed by atoms with E-state index < -0.39 is 0 Å². The molecule has 2 fully saturated rings. The molecule has 1 heterocycles. The first-order chi connectivity index (χ1) is 10.9. The van der Waals surface area contributed by atoms with Crippen molar-refractivity contribution in [1.29, 1.82) is 0 Å². The largest absolute Gasteiger partial charge is 0.371 e. The zero-order valence-electron chi connectivity index (χ0n) is 12.4. The van der Waals surface area contributed by atoms with Crippen LogP contribution in [0.4, 0.5) is 0 Å². The van der Waals surface area contributed by atoms with Gasteiger partial charge in [0.15, 0.2) is 0 Å². The fourth-order valence-corrected chi connectivity index (χ4v) is 3.12. The summed E-state index contributed by atoms with van der Waals surface area (Å²) in [6.45, 7) is 1.25. The molecule has 0 unspecified atom stereocenters. The minimum Gasteiger partial charge on any atom is -0.371 e. The molecule has 3 nitrogen and oxygen atoms in total. The van der Waals surface area contributed by atoms with Crippen LogP contribution in [0, 0.1) is 0 Å². The van der Waals surface area contributed by atoms with Crippen molar-refractivity contribution in [3.8, 4) is 0 Å². The summed E-state index contributed by atoms with van der Waals surface area (Å²) in [5.74, 6) is 0. The van der Waals surface area contributed by atoms with Crippen molar-refractivity contribution in [2.75, 3.05) is 0 Å². The van der Waals surface area contributed by atoms with Crippen LogP contribution in [-0.2, 0) is 27.4 Å². The molecule has 22 heavy (non-hydrogen) atoms. The van der Waals surface area contributed by atoms with Gasteiger partial charge in [-0.05, 0) is 11.1 Å². The number of hydrogen-bond acceptors (Lipinski definition) is 3. The van der Waals surface area contributed by atoms with Crippen molar-refractivity contribution in [2.24, 2.45) is 0 Å². The van der Waals surface area contributed by atoms with E-state index in [1.54, 1.807) is 0 Å². The number of ether oxygens (including phenoxy) is 3. The normalized spacial score (nSPS) is 29.3. The van der Waals surface area contributed by atoms with Crippen LogP contribution >= 0.6 is 0 Å². The van der Waals surface area contributed by atoms with Gasteiger partial charge in [0.05, 0.1) is 25.4 Å². The molecule has 0 N–H and O–H groups in total. The third-order valence-electron chi connectivity index (χ3n) is 4.37. The molecule has 4 atom stereocenters. The van der Waals surface area contributed by atoms with E-state index in [9.17, 15) is 0 Å². The molecule has 1 saturated heterocycles. The lowest BCUT2D eigenvalue weighted by atomic mass is 10.2. The molecule has 0 spiro atoms. The molecule has 3 heteroatoms. The molecule has 0 amide bonds. The van der Waals surface area contributed by atoms with Crippen LogP contribution in [0.15, 0.2) is 60.7 Å². The second-order valence-electron chi connectivity index (χ2n) is 5.97. The topological polar surface area (TPSA) is 31.0 Å². The molecular formula is C19H20O3. The highest BCUT2D eigenvalue weighted by molar-refractivity contribution is 5.15. The first-order valence-corrected chi connectivity index (χ1v) is 7.87. The van der Waals surface area contributed by atoms with Crippen LogP contribution in [0.1, 0.15) is 17.5 Å². The van der Waals surface area contributed by atoms with Gasteiger partial charge in [0.1, 0.15) is 12.2 Å². The first kappa shape index (κ1) is 13.9. The molecule has 114 valence electrons. The van der Waals surface area contributed by atoms with Crippen molar-refractivity contribution in [3.63, 3.8) is 0 Å². The molecule has 2 aromatic carbocycles. The number of benzene rings is 2. The molecule has 2 aliphatic rings. The van der Waals surface area contributed by atoms with Crippen LogP contribution in [0.25, 0.3) is 0 Å². The number of hydrogen-bond donors (Lipinski definition) is 0. The standard InChI is InChI=1S/C19H20O3/c1-3-7-14(8-4-1)12-20-16-11-17-19(22-17)18(16)21-13-15-9-5-2-6-10-15/h1-10,16-19H,11-13H2/t16-,17-,18+,19+/m0/s1. The van der Waals surface area contributed by atoms with E-state index in [1.165, 1.54) is 11.1 Å². The summed E-state index contributed by atoms with van der Waals surface area (Å²) in [6, 6.07) is 20.5. The van der Waals surface area contributed by atoms with Crippen molar-refractivity contribution >= 4 is 0 Å². The smallest absolute Gasteiger partial charge is 0.113 e. The van der Waals surface area contributed by atoms with Crippen LogP contribution in [0.2, 0.25) is 0 Å². The van der Waals surface area contributed by atoms with Crippen LogP contribution in [0.3, 0.4) is 0 Å². The second-order valence-corrected chi connectivity index (χ2v) is 5.97. The predicted molar refractivity (Wildman–Crippen MR) is 83.3 cm³/mol. The number of rotatable bonds is 6.